The van der Waals surface area contributed by atoms with Crippen LogP contribution in [0.4, 0.5) is 0 Å². The summed E-state index contributed by atoms with van der Waals surface area (Å²) < 4.78 is 22.2. The molecule has 1 unspecified atom stereocenters. The van der Waals surface area contributed by atoms with Crippen LogP contribution < -0.4 is 0 Å². The number of carbonyl (C=O) groups excluding carboxylic acids is 4. The van der Waals surface area contributed by atoms with E-state index < -0.39 is 41.9 Å². The Hall–Kier alpha value is -4.86. The van der Waals surface area contributed by atoms with Crippen molar-refractivity contribution in [2.75, 3.05) is 13.7 Å². The Labute approximate surface area is 256 Å². The van der Waals surface area contributed by atoms with E-state index in [2.05, 4.69) is 9.72 Å². The first-order chi connectivity index (χ1) is 21.4. The van der Waals surface area contributed by atoms with E-state index in [4.69, 9.17) is 14.2 Å². The molecule has 0 saturated carbocycles. The number of esters is 2. The highest BCUT2D eigenvalue weighted by atomic mass is 16.5. The number of aromatic nitrogens is 1. The predicted octanol–water partition coefficient (Wildman–Crippen LogP) is 5.50. The number of nitrogens with one attached hydrogen (secondary N) is 1. The van der Waals surface area contributed by atoms with E-state index in [1.165, 1.54) is 19.2 Å². The van der Waals surface area contributed by atoms with Gasteiger partial charge in [0.15, 0.2) is 5.78 Å². The summed E-state index contributed by atoms with van der Waals surface area (Å²) in [5.41, 5.74) is 2.77. The molecule has 0 spiro atoms. The fourth-order valence-corrected chi connectivity index (χ4v) is 4.44. The lowest BCUT2D eigenvalue weighted by Gasteiger charge is -2.21. The molecule has 0 saturated heterocycles. The standard InChI is InChI=1S/C35H35NO8/c1-41-35(40)31-18-17-30(36-31)33(38)20-29(34(39)44-23-27-15-9-4-10-16-27)32(37)19-28(43-22-26-13-7-3-8-14-26)24-42-21-25-11-5-2-6-12-25/h2-18,28-29,36H,19-24H2,1H3/t28-,29?/m0/s1. The lowest BCUT2D eigenvalue weighted by molar-refractivity contribution is -0.154. The molecule has 0 aliphatic rings. The number of aromatic amines is 1. The van der Waals surface area contributed by atoms with Crippen LogP contribution in [0, 0.1) is 5.92 Å². The minimum atomic E-state index is -1.40. The van der Waals surface area contributed by atoms with Crippen LogP contribution in [0.2, 0.25) is 0 Å². The van der Waals surface area contributed by atoms with Crippen molar-refractivity contribution in [2.45, 2.75) is 38.8 Å². The maximum absolute atomic E-state index is 13.7. The molecule has 9 nitrogen and oxygen atoms in total. The molecule has 0 bridgehead atoms. The van der Waals surface area contributed by atoms with E-state index in [0.29, 0.717) is 6.61 Å². The van der Waals surface area contributed by atoms with Crippen LogP contribution in [-0.4, -0.2) is 48.3 Å². The van der Waals surface area contributed by atoms with E-state index in [1.54, 1.807) is 12.1 Å². The third-order valence-corrected chi connectivity index (χ3v) is 6.85. The SMILES string of the molecule is COC(=O)c1ccc(C(=O)CC(C(=O)C[C@@H](COCc2ccccc2)OCc2ccccc2)C(=O)OCc2ccccc2)[nH]1. The van der Waals surface area contributed by atoms with Crippen LogP contribution in [-0.2, 0) is 48.4 Å². The predicted molar refractivity (Wildman–Crippen MR) is 162 cm³/mol. The molecule has 4 aromatic rings. The van der Waals surface area contributed by atoms with E-state index >= 15 is 0 Å². The van der Waals surface area contributed by atoms with E-state index in [0.717, 1.165) is 16.7 Å². The van der Waals surface area contributed by atoms with E-state index in [9.17, 15) is 19.2 Å². The number of methoxy groups -OCH3 is 1. The minimum absolute atomic E-state index is 0.0548. The van der Waals surface area contributed by atoms with Crippen molar-refractivity contribution in [1.29, 1.82) is 0 Å². The van der Waals surface area contributed by atoms with Gasteiger partial charge in [0.05, 0.1) is 38.7 Å². The summed E-state index contributed by atoms with van der Waals surface area (Å²) in [4.78, 5) is 54.7. The summed E-state index contributed by atoms with van der Waals surface area (Å²) in [6, 6.07) is 30.9. The molecule has 0 aliphatic carbocycles. The quantitative estimate of drug-likeness (QED) is 0.0963. The van der Waals surface area contributed by atoms with Gasteiger partial charge in [-0.25, -0.2) is 4.79 Å². The topological polar surface area (TPSA) is 121 Å². The molecule has 228 valence electrons. The van der Waals surface area contributed by atoms with Gasteiger partial charge in [0, 0.05) is 12.8 Å². The second kappa shape index (κ2) is 16.7. The molecule has 0 aliphatic heterocycles. The zero-order valence-corrected chi connectivity index (χ0v) is 24.5. The molecule has 44 heavy (non-hydrogen) atoms. The smallest absolute Gasteiger partial charge is 0.354 e. The molecule has 0 radical (unpaired) electrons. The van der Waals surface area contributed by atoms with Gasteiger partial charge in [-0.15, -0.1) is 0 Å². The highest BCUT2D eigenvalue weighted by Crippen LogP contribution is 2.19. The molecule has 1 N–H and O–H groups in total. The molecule has 2 atom stereocenters. The highest BCUT2D eigenvalue weighted by Gasteiger charge is 2.33. The maximum Gasteiger partial charge on any atom is 0.354 e. The molecule has 0 amide bonds. The minimum Gasteiger partial charge on any atom is -0.464 e. The van der Waals surface area contributed by atoms with Crippen LogP contribution in [0.1, 0.15) is 50.5 Å². The largest absolute Gasteiger partial charge is 0.464 e. The molecule has 1 heterocycles. The van der Waals surface area contributed by atoms with E-state index in [-0.39, 0.29) is 37.6 Å². The van der Waals surface area contributed by atoms with Crippen molar-refractivity contribution in [1.82, 2.24) is 4.98 Å². The molecular weight excluding hydrogens is 562 g/mol. The molecule has 0 fully saturated rings. The zero-order chi connectivity index (χ0) is 31.1. The van der Waals surface area contributed by atoms with Crippen molar-refractivity contribution in [3.05, 3.63) is 131 Å². The Morgan fingerprint density at radius 1 is 0.659 bits per heavy atom. The fraction of sp³-hybridized carbons (Fsp3) is 0.257. The summed E-state index contributed by atoms with van der Waals surface area (Å²) in [5.74, 6) is -3.91. The van der Waals surface area contributed by atoms with Crippen molar-refractivity contribution < 1.29 is 38.1 Å². The summed E-state index contributed by atoms with van der Waals surface area (Å²) in [7, 11) is 1.22. The Morgan fingerprint density at radius 2 is 1.20 bits per heavy atom. The highest BCUT2D eigenvalue weighted by molar-refractivity contribution is 6.06. The van der Waals surface area contributed by atoms with Gasteiger partial charge in [0.1, 0.15) is 24.0 Å². The van der Waals surface area contributed by atoms with Crippen LogP contribution in [0.25, 0.3) is 0 Å². The normalized spacial score (nSPS) is 12.2. The summed E-state index contributed by atoms with van der Waals surface area (Å²) >= 11 is 0. The number of benzene rings is 3. The van der Waals surface area contributed by atoms with E-state index in [1.807, 2.05) is 78.9 Å². The Balaban J connectivity index is 1.48. The van der Waals surface area contributed by atoms with Gasteiger partial charge in [-0.1, -0.05) is 91.0 Å². The van der Waals surface area contributed by atoms with Crippen LogP contribution >= 0.6 is 0 Å². The Bertz CT molecular complexity index is 1500. The van der Waals surface area contributed by atoms with Gasteiger partial charge in [-0.2, -0.15) is 0 Å². The number of H-pyrrole nitrogens is 1. The zero-order valence-electron chi connectivity index (χ0n) is 24.5. The van der Waals surface area contributed by atoms with Crippen molar-refractivity contribution >= 4 is 23.5 Å². The molecular formula is C35H35NO8. The monoisotopic (exact) mass is 597 g/mol. The van der Waals surface area contributed by atoms with Gasteiger partial charge in [0.2, 0.25) is 0 Å². The molecule has 9 heteroatoms. The second-order valence-electron chi connectivity index (χ2n) is 10.1. The van der Waals surface area contributed by atoms with Crippen molar-refractivity contribution in [3.8, 4) is 0 Å². The van der Waals surface area contributed by atoms with Crippen LogP contribution in [0.3, 0.4) is 0 Å². The molecule has 4 rings (SSSR count). The number of carbonyl (C=O) groups is 4. The van der Waals surface area contributed by atoms with Gasteiger partial charge in [-0.3, -0.25) is 14.4 Å². The number of rotatable bonds is 17. The number of Topliss-reactive ketones (excluding diaryl/α,β-unsaturated/α-hetero) is 2. The van der Waals surface area contributed by atoms with Crippen LogP contribution in [0.15, 0.2) is 103 Å². The average Bonchev–Trinajstić information content (AvgIpc) is 3.56. The van der Waals surface area contributed by atoms with Gasteiger partial charge < -0.3 is 23.9 Å². The summed E-state index contributed by atoms with van der Waals surface area (Å²) in [5, 5.41) is 0. The average molecular weight is 598 g/mol. The third-order valence-electron chi connectivity index (χ3n) is 6.85. The second-order valence-corrected chi connectivity index (χ2v) is 10.1. The van der Waals surface area contributed by atoms with Gasteiger partial charge >= 0.3 is 11.9 Å². The van der Waals surface area contributed by atoms with Crippen molar-refractivity contribution in [3.63, 3.8) is 0 Å². The number of hydrogen-bond acceptors (Lipinski definition) is 8. The summed E-state index contributed by atoms with van der Waals surface area (Å²) in [6.07, 6.45) is -1.33. The first-order valence-electron chi connectivity index (χ1n) is 14.2. The van der Waals surface area contributed by atoms with Crippen molar-refractivity contribution in [2.24, 2.45) is 5.92 Å². The van der Waals surface area contributed by atoms with Gasteiger partial charge in [-0.05, 0) is 28.8 Å². The maximum atomic E-state index is 13.7. The Morgan fingerprint density at radius 3 is 1.80 bits per heavy atom. The number of hydrogen-bond donors (Lipinski definition) is 1. The van der Waals surface area contributed by atoms with Crippen LogP contribution in [0.5, 0.6) is 0 Å². The molecule has 1 aromatic heterocycles. The Kier molecular flexibility index (Phi) is 12.2. The number of ketones is 2. The third kappa shape index (κ3) is 9.86. The first kappa shape index (κ1) is 32.1. The first-order valence-corrected chi connectivity index (χ1v) is 14.2. The lowest BCUT2D eigenvalue weighted by atomic mass is 9.93. The van der Waals surface area contributed by atoms with Gasteiger partial charge in [0.25, 0.3) is 0 Å². The molecule has 3 aromatic carbocycles. The summed E-state index contributed by atoms with van der Waals surface area (Å²) in [6.45, 7) is 0.581. The fourth-order valence-electron chi connectivity index (χ4n) is 4.44. The lowest BCUT2D eigenvalue weighted by Crippen LogP contribution is -2.33. The number of ether oxygens (including phenoxy) is 4.